The molecule has 30 heavy (non-hydrogen) atoms. The van der Waals surface area contributed by atoms with Crippen molar-refractivity contribution >= 4 is 21.6 Å². The molecule has 2 aromatic carbocycles. The third-order valence-electron chi connectivity index (χ3n) is 5.86. The Morgan fingerprint density at radius 2 is 1.87 bits per heavy atom. The summed E-state index contributed by atoms with van der Waals surface area (Å²) in [6.45, 7) is 4.15. The van der Waals surface area contributed by atoms with Gasteiger partial charge < -0.3 is 10.1 Å². The highest BCUT2D eigenvalue weighted by atomic mass is 32.2. The van der Waals surface area contributed by atoms with Crippen LogP contribution in [0.4, 0.5) is 10.1 Å². The van der Waals surface area contributed by atoms with Gasteiger partial charge in [0.25, 0.3) is 5.91 Å². The Bertz CT molecular complexity index is 1030. The molecule has 8 heteroatoms. The van der Waals surface area contributed by atoms with Crippen LogP contribution in [0.1, 0.15) is 43.5 Å². The van der Waals surface area contributed by atoms with Crippen LogP contribution in [0, 0.1) is 17.7 Å². The lowest BCUT2D eigenvalue weighted by molar-refractivity contribution is 0.102. The summed E-state index contributed by atoms with van der Waals surface area (Å²) in [6.07, 6.45) is 2.78. The van der Waals surface area contributed by atoms with E-state index in [0.29, 0.717) is 17.4 Å². The first kappa shape index (κ1) is 22.2. The van der Waals surface area contributed by atoms with E-state index < -0.39 is 21.7 Å². The maximum Gasteiger partial charge on any atom is 0.258 e. The highest BCUT2D eigenvalue weighted by molar-refractivity contribution is 7.89. The average molecular weight is 435 g/mol. The van der Waals surface area contributed by atoms with Crippen molar-refractivity contribution in [3.05, 3.63) is 53.8 Å². The molecule has 0 spiro atoms. The second-order valence-electron chi connectivity index (χ2n) is 7.79. The van der Waals surface area contributed by atoms with Crippen LogP contribution in [-0.2, 0) is 10.0 Å². The number of methoxy groups -OCH3 is 1. The Morgan fingerprint density at radius 1 is 1.13 bits per heavy atom. The molecule has 162 valence electrons. The van der Waals surface area contributed by atoms with E-state index in [-0.39, 0.29) is 22.4 Å². The topological polar surface area (TPSA) is 84.5 Å². The molecule has 1 saturated carbocycles. The van der Waals surface area contributed by atoms with Crippen molar-refractivity contribution in [2.45, 2.75) is 44.0 Å². The van der Waals surface area contributed by atoms with Gasteiger partial charge in [-0.15, -0.1) is 0 Å². The third-order valence-corrected chi connectivity index (χ3v) is 7.35. The van der Waals surface area contributed by atoms with Gasteiger partial charge in [-0.1, -0.05) is 38.8 Å². The molecule has 2 aromatic rings. The van der Waals surface area contributed by atoms with Crippen LogP contribution < -0.4 is 14.8 Å². The van der Waals surface area contributed by atoms with Gasteiger partial charge in [0.1, 0.15) is 11.6 Å². The molecule has 1 aliphatic carbocycles. The zero-order valence-electron chi connectivity index (χ0n) is 17.3. The van der Waals surface area contributed by atoms with Gasteiger partial charge in [0.15, 0.2) is 0 Å². The van der Waals surface area contributed by atoms with E-state index in [2.05, 4.69) is 17.0 Å². The van der Waals surface area contributed by atoms with Crippen LogP contribution in [-0.4, -0.2) is 27.5 Å². The summed E-state index contributed by atoms with van der Waals surface area (Å²) in [7, 11) is -2.44. The Morgan fingerprint density at radius 3 is 2.60 bits per heavy atom. The van der Waals surface area contributed by atoms with Crippen molar-refractivity contribution < 1.29 is 22.3 Å². The number of rotatable bonds is 6. The lowest BCUT2D eigenvalue weighted by atomic mass is 9.78. The number of carbonyl (C=O) groups is 1. The molecule has 3 atom stereocenters. The second-order valence-corrected chi connectivity index (χ2v) is 9.51. The lowest BCUT2D eigenvalue weighted by Gasteiger charge is -2.34. The minimum atomic E-state index is -3.90. The highest BCUT2D eigenvalue weighted by Crippen LogP contribution is 2.31. The molecule has 0 aromatic heterocycles. The summed E-state index contributed by atoms with van der Waals surface area (Å²) in [5, 5.41) is 2.57. The quantitative estimate of drug-likeness (QED) is 0.714. The molecule has 2 N–H and O–H groups in total. The van der Waals surface area contributed by atoms with Crippen molar-refractivity contribution in [1.82, 2.24) is 4.72 Å². The van der Waals surface area contributed by atoms with Crippen LogP contribution in [0.5, 0.6) is 5.75 Å². The van der Waals surface area contributed by atoms with E-state index in [1.165, 1.54) is 13.2 Å². The Labute approximate surface area is 176 Å². The number of amides is 1. The number of nitrogens with one attached hydrogen (secondary N) is 2. The van der Waals surface area contributed by atoms with Gasteiger partial charge in [0.05, 0.1) is 23.3 Å². The van der Waals surface area contributed by atoms with Crippen LogP contribution in [0.25, 0.3) is 0 Å². The molecule has 3 rings (SSSR count). The van der Waals surface area contributed by atoms with Gasteiger partial charge >= 0.3 is 0 Å². The summed E-state index contributed by atoms with van der Waals surface area (Å²) >= 11 is 0. The summed E-state index contributed by atoms with van der Waals surface area (Å²) in [4.78, 5) is 12.5. The Kier molecular flexibility index (Phi) is 6.77. The van der Waals surface area contributed by atoms with Crippen molar-refractivity contribution in [3.63, 3.8) is 0 Å². The molecule has 0 aliphatic heterocycles. The molecule has 0 heterocycles. The fraction of sp³-hybridized carbons (Fsp3) is 0.409. The number of benzene rings is 2. The lowest BCUT2D eigenvalue weighted by Crippen LogP contribution is -2.43. The maximum atomic E-state index is 14.4. The number of sulfonamides is 1. The molecule has 1 amide bonds. The molecular formula is C22H27FN2O4S. The van der Waals surface area contributed by atoms with Crippen molar-refractivity contribution in [3.8, 4) is 5.75 Å². The van der Waals surface area contributed by atoms with Gasteiger partial charge in [-0.25, -0.2) is 17.5 Å². The highest BCUT2D eigenvalue weighted by Gasteiger charge is 2.31. The normalized spacial score (nSPS) is 21.8. The molecule has 1 aliphatic rings. The SMILES string of the molecule is COc1ccccc1NC(=O)c1cc(S(=O)(=O)NC2CCCC(C)C2C)ccc1F. The van der Waals surface area contributed by atoms with Crippen molar-refractivity contribution in [1.29, 1.82) is 0 Å². The minimum Gasteiger partial charge on any atom is -0.495 e. The largest absolute Gasteiger partial charge is 0.495 e. The summed E-state index contributed by atoms with van der Waals surface area (Å²) in [6, 6.07) is 9.76. The fourth-order valence-electron chi connectivity index (χ4n) is 3.80. The first-order valence-electron chi connectivity index (χ1n) is 9.99. The van der Waals surface area contributed by atoms with E-state index >= 15 is 0 Å². The first-order valence-corrected chi connectivity index (χ1v) is 11.5. The smallest absolute Gasteiger partial charge is 0.258 e. The molecule has 3 unspecified atom stereocenters. The van der Waals surface area contributed by atoms with Crippen molar-refractivity contribution in [2.24, 2.45) is 11.8 Å². The number of ether oxygens (including phenoxy) is 1. The van der Waals surface area contributed by atoms with Gasteiger partial charge in [0.2, 0.25) is 10.0 Å². The molecule has 6 nitrogen and oxygen atoms in total. The second kappa shape index (κ2) is 9.14. The summed E-state index contributed by atoms with van der Waals surface area (Å²) < 4.78 is 48.1. The van der Waals surface area contributed by atoms with Crippen molar-refractivity contribution in [2.75, 3.05) is 12.4 Å². The van der Waals surface area contributed by atoms with E-state index in [0.717, 1.165) is 31.4 Å². The van der Waals surface area contributed by atoms with Crippen LogP contribution in [0.3, 0.4) is 0 Å². The van der Waals surface area contributed by atoms with Crippen LogP contribution in [0.2, 0.25) is 0 Å². The first-order chi connectivity index (χ1) is 14.2. The molecular weight excluding hydrogens is 407 g/mol. The summed E-state index contributed by atoms with van der Waals surface area (Å²) in [5.74, 6) is -0.532. The number of halogens is 1. The number of para-hydroxylation sites is 2. The zero-order chi connectivity index (χ0) is 21.9. The minimum absolute atomic E-state index is 0.139. The van der Waals surface area contributed by atoms with E-state index in [4.69, 9.17) is 4.74 Å². The van der Waals surface area contributed by atoms with E-state index in [1.807, 2.05) is 6.92 Å². The third kappa shape index (κ3) is 4.82. The number of anilines is 1. The van der Waals surface area contributed by atoms with Crippen LogP contribution >= 0.6 is 0 Å². The predicted molar refractivity (Wildman–Crippen MR) is 114 cm³/mol. The Hall–Kier alpha value is -2.45. The molecule has 0 radical (unpaired) electrons. The number of hydrogen-bond donors (Lipinski definition) is 2. The molecule has 0 saturated heterocycles. The van der Waals surface area contributed by atoms with Gasteiger partial charge in [0, 0.05) is 6.04 Å². The van der Waals surface area contributed by atoms with Gasteiger partial charge in [-0.2, -0.15) is 0 Å². The standard InChI is InChI=1S/C22H27FN2O4S/c1-14-7-6-9-19(15(14)2)25-30(27,28)16-11-12-18(23)17(13-16)22(26)24-20-8-4-5-10-21(20)29-3/h4-5,8,10-15,19,25H,6-7,9H2,1-3H3,(H,24,26). The number of carbonyl (C=O) groups excluding carboxylic acids is 1. The molecule has 0 bridgehead atoms. The molecule has 1 fully saturated rings. The average Bonchev–Trinajstić information content (AvgIpc) is 2.71. The van der Waals surface area contributed by atoms with Gasteiger partial charge in [-0.05, 0) is 48.6 Å². The monoisotopic (exact) mass is 434 g/mol. The number of hydrogen-bond acceptors (Lipinski definition) is 4. The van der Waals surface area contributed by atoms with Gasteiger partial charge in [-0.3, -0.25) is 4.79 Å². The fourth-order valence-corrected chi connectivity index (χ4v) is 5.19. The predicted octanol–water partition coefficient (Wildman–Crippen LogP) is 4.19. The van der Waals surface area contributed by atoms with E-state index in [9.17, 15) is 17.6 Å². The summed E-state index contributed by atoms with van der Waals surface area (Å²) in [5.41, 5.74) is 0.00893. The zero-order valence-corrected chi connectivity index (χ0v) is 18.1. The van der Waals surface area contributed by atoms with Crippen LogP contribution in [0.15, 0.2) is 47.4 Å². The van der Waals surface area contributed by atoms with E-state index in [1.54, 1.807) is 24.3 Å². The Balaban J connectivity index is 1.84. The maximum absolute atomic E-state index is 14.4.